The molecule has 3 aromatic carbocycles. The lowest BCUT2D eigenvalue weighted by atomic mass is 10.1. The zero-order valence-corrected chi connectivity index (χ0v) is 17.2. The largest absolute Gasteiger partial charge is 0.489 e. The number of rotatable bonds is 5. The first-order valence-corrected chi connectivity index (χ1v) is 10.6. The van der Waals surface area contributed by atoms with E-state index >= 15 is 0 Å². The minimum absolute atomic E-state index is 0.0878. The topological polar surface area (TPSA) is 29.5 Å². The van der Waals surface area contributed by atoms with Crippen LogP contribution in [0.5, 0.6) is 5.75 Å². The molecule has 3 aromatic rings. The highest BCUT2D eigenvalue weighted by molar-refractivity contribution is 8.00. The second-order valence-corrected chi connectivity index (χ2v) is 8.33. The number of hydrogen-bond donors (Lipinski definition) is 0. The van der Waals surface area contributed by atoms with Crippen molar-refractivity contribution in [3.63, 3.8) is 0 Å². The Morgan fingerprint density at radius 3 is 2.36 bits per heavy atom. The second kappa shape index (κ2) is 8.48. The van der Waals surface area contributed by atoms with Gasteiger partial charge in [0.05, 0.1) is 5.75 Å². The van der Waals surface area contributed by atoms with Crippen LogP contribution in [-0.2, 0) is 11.4 Å². The number of nitrogens with zero attached hydrogens (tertiary/aromatic N) is 1. The quantitative estimate of drug-likeness (QED) is 0.472. The van der Waals surface area contributed by atoms with Crippen molar-refractivity contribution in [2.45, 2.75) is 12.0 Å². The third kappa shape index (κ3) is 4.30. The minimum atomic E-state index is -0.0900. The average Bonchev–Trinajstić information content (AvgIpc) is 3.10. The lowest BCUT2D eigenvalue weighted by Gasteiger charge is -2.24. The van der Waals surface area contributed by atoms with E-state index in [1.807, 2.05) is 65.6 Å². The van der Waals surface area contributed by atoms with Crippen molar-refractivity contribution in [1.82, 2.24) is 0 Å². The van der Waals surface area contributed by atoms with Gasteiger partial charge in [0.25, 0.3) is 0 Å². The van der Waals surface area contributed by atoms with Crippen LogP contribution in [0.4, 0.5) is 5.69 Å². The van der Waals surface area contributed by atoms with Crippen LogP contribution in [0.3, 0.4) is 0 Å². The van der Waals surface area contributed by atoms with Gasteiger partial charge in [-0.05, 0) is 59.7 Å². The molecule has 0 radical (unpaired) electrons. The molecule has 0 spiro atoms. The van der Waals surface area contributed by atoms with Gasteiger partial charge in [0.15, 0.2) is 0 Å². The van der Waals surface area contributed by atoms with Crippen LogP contribution in [-0.4, -0.2) is 11.7 Å². The average molecular weight is 430 g/mol. The van der Waals surface area contributed by atoms with E-state index in [2.05, 4.69) is 0 Å². The minimum Gasteiger partial charge on any atom is -0.489 e. The lowest BCUT2D eigenvalue weighted by Crippen LogP contribution is -2.27. The van der Waals surface area contributed by atoms with E-state index in [0.717, 1.165) is 22.6 Å². The molecule has 0 aromatic heterocycles. The van der Waals surface area contributed by atoms with Crippen molar-refractivity contribution in [2.75, 3.05) is 10.7 Å². The van der Waals surface area contributed by atoms with E-state index in [1.165, 1.54) is 0 Å². The fourth-order valence-electron chi connectivity index (χ4n) is 3.06. The molecule has 0 bridgehead atoms. The molecule has 1 amide bonds. The molecule has 6 heteroatoms. The summed E-state index contributed by atoms with van der Waals surface area (Å²) in [5, 5.41) is 1.26. The van der Waals surface area contributed by atoms with Crippen molar-refractivity contribution in [1.29, 1.82) is 0 Å². The fourth-order valence-corrected chi connectivity index (χ4v) is 4.48. The van der Waals surface area contributed by atoms with Crippen LogP contribution in [0.25, 0.3) is 0 Å². The summed E-state index contributed by atoms with van der Waals surface area (Å²) < 4.78 is 5.94. The van der Waals surface area contributed by atoms with Gasteiger partial charge in [-0.25, -0.2) is 0 Å². The first kappa shape index (κ1) is 19.2. The highest BCUT2D eigenvalue weighted by Gasteiger charge is 2.34. The van der Waals surface area contributed by atoms with E-state index in [9.17, 15) is 4.79 Å². The SMILES string of the molecule is O=C1CS[C@@H](c2cccc(OCc3ccc(Cl)cc3)c2)N1c1ccc(Cl)cc1. The van der Waals surface area contributed by atoms with Gasteiger partial charge < -0.3 is 4.74 Å². The third-order valence-electron chi connectivity index (χ3n) is 4.43. The summed E-state index contributed by atoms with van der Waals surface area (Å²) in [6.45, 7) is 0.457. The van der Waals surface area contributed by atoms with Gasteiger partial charge in [0.1, 0.15) is 17.7 Å². The maximum atomic E-state index is 12.5. The van der Waals surface area contributed by atoms with Crippen LogP contribution in [0.15, 0.2) is 72.8 Å². The molecule has 1 heterocycles. The Morgan fingerprint density at radius 1 is 0.964 bits per heavy atom. The summed E-state index contributed by atoms with van der Waals surface area (Å²) in [7, 11) is 0. The van der Waals surface area contributed by atoms with Crippen LogP contribution in [0, 0.1) is 0 Å². The van der Waals surface area contributed by atoms with Crippen molar-refractivity contribution in [3.8, 4) is 5.75 Å². The number of anilines is 1. The molecule has 1 atom stereocenters. The molecule has 4 rings (SSSR count). The van der Waals surface area contributed by atoms with E-state index in [-0.39, 0.29) is 11.3 Å². The Labute approximate surface area is 178 Å². The molecule has 1 fully saturated rings. The van der Waals surface area contributed by atoms with E-state index in [1.54, 1.807) is 23.9 Å². The number of ether oxygens (including phenoxy) is 1. The molecule has 3 nitrogen and oxygen atoms in total. The van der Waals surface area contributed by atoms with Crippen molar-refractivity contribution in [3.05, 3.63) is 94.0 Å². The van der Waals surface area contributed by atoms with Crippen LogP contribution in [0.2, 0.25) is 10.0 Å². The molecular formula is C22H17Cl2NO2S. The number of carbonyl (C=O) groups is 1. The van der Waals surface area contributed by atoms with E-state index in [4.69, 9.17) is 27.9 Å². The van der Waals surface area contributed by atoms with Gasteiger partial charge in [-0.1, -0.05) is 47.5 Å². The molecule has 0 unspecified atom stereocenters. The first-order valence-electron chi connectivity index (χ1n) is 8.76. The van der Waals surface area contributed by atoms with Gasteiger partial charge in [-0.3, -0.25) is 9.69 Å². The molecule has 1 aliphatic rings. The number of thioether (sulfide) groups is 1. The normalized spacial score (nSPS) is 16.4. The van der Waals surface area contributed by atoms with Gasteiger partial charge in [0, 0.05) is 15.7 Å². The molecule has 1 saturated heterocycles. The Morgan fingerprint density at radius 2 is 1.64 bits per heavy atom. The van der Waals surface area contributed by atoms with Crippen LogP contribution in [0.1, 0.15) is 16.5 Å². The van der Waals surface area contributed by atoms with E-state index in [0.29, 0.717) is 22.4 Å². The summed E-state index contributed by atoms with van der Waals surface area (Å²) in [4.78, 5) is 14.3. The molecule has 0 N–H and O–H groups in total. The van der Waals surface area contributed by atoms with Crippen molar-refractivity contribution >= 4 is 46.6 Å². The summed E-state index contributed by atoms with van der Waals surface area (Å²) in [5.74, 6) is 1.30. The van der Waals surface area contributed by atoms with Crippen molar-refractivity contribution < 1.29 is 9.53 Å². The Hall–Kier alpha value is -2.14. The maximum absolute atomic E-state index is 12.5. The maximum Gasteiger partial charge on any atom is 0.238 e. The summed E-state index contributed by atoms with van der Waals surface area (Å²) >= 11 is 13.5. The van der Waals surface area contributed by atoms with Gasteiger partial charge in [-0.15, -0.1) is 11.8 Å². The molecule has 28 heavy (non-hydrogen) atoms. The van der Waals surface area contributed by atoms with Gasteiger partial charge >= 0.3 is 0 Å². The monoisotopic (exact) mass is 429 g/mol. The smallest absolute Gasteiger partial charge is 0.238 e. The second-order valence-electron chi connectivity index (χ2n) is 6.39. The number of amides is 1. The zero-order valence-electron chi connectivity index (χ0n) is 14.8. The van der Waals surface area contributed by atoms with Gasteiger partial charge in [-0.2, -0.15) is 0 Å². The van der Waals surface area contributed by atoms with Crippen molar-refractivity contribution in [2.24, 2.45) is 0 Å². The highest BCUT2D eigenvalue weighted by atomic mass is 35.5. The van der Waals surface area contributed by atoms with E-state index < -0.39 is 0 Å². The summed E-state index contributed by atoms with van der Waals surface area (Å²) in [6.07, 6.45) is 0. The number of benzene rings is 3. The Bertz CT molecular complexity index is 977. The Balaban J connectivity index is 1.53. The summed E-state index contributed by atoms with van der Waals surface area (Å²) in [5.41, 5.74) is 2.92. The predicted octanol–water partition coefficient (Wildman–Crippen LogP) is 6.35. The molecule has 1 aliphatic heterocycles. The molecule has 142 valence electrons. The number of carbonyl (C=O) groups excluding carboxylic acids is 1. The lowest BCUT2D eigenvalue weighted by molar-refractivity contribution is -0.115. The number of hydrogen-bond acceptors (Lipinski definition) is 3. The predicted molar refractivity (Wildman–Crippen MR) is 116 cm³/mol. The summed E-state index contributed by atoms with van der Waals surface area (Å²) in [6, 6.07) is 22.8. The number of halogens is 2. The zero-order chi connectivity index (χ0) is 19.5. The van der Waals surface area contributed by atoms with Gasteiger partial charge in [0.2, 0.25) is 5.91 Å². The molecular weight excluding hydrogens is 413 g/mol. The molecule has 0 saturated carbocycles. The standard InChI is InChI=1S/C22H17Cl2NO2S/c23-17-6-4-15(5-7-17)13-27-20-3-1-2-16(12-20)22-25(21(26)14-28-22)19-10-8-18(24)9-11-19/h1-12,22H,13-14H2/t22-/m0/s1. The van der Waals surface area contributed by atoms with Crippen LogP contribution < -0.4 is 9.64 Å². The Kier molecular flexibility index (Phi) is 5.81. The first-order chi connectivity index (χ1) is 13.6. The third-order valence-corrected chi connectivity index (χ3v) is 6.15. The highest BCUT2D eigenvalue weighted by Crippen LogP contribution is 2.42. The van der Waals surface area contributed by atoms with Crippen LogP contribution >= 0.6 is 35.0 Å². The fraction of sp³-hybridized carbons (Fsp3) is 0.136. The molecule has 0 aliphatic carbocycles.